The molecule has 0 saturated heterocycles. The molecule has 0 saturated carbocycles. The number of methoxy groups -OCH3 is 3. The summed E-state index contributed by atoms with van der Waals surface area (Å²) >= 11 is 11.7. The second-order valence-electron chi connectivity index (χ2n) is 3.92. The highest BCUT2D eigenvalue weighted by atomic mass is 79.9. The minimum absolute atomic E-state index is 0.320. The van der Waals surface area contributed by atoms with Crippen molar-refractivity contribution in [2.45, 2.75) is 5.38 Å². The number of alkyl halides is 1. The van der Waals surface area contributed by atoms with Gasteiger partial charge in [0, 0.05) is 14.9 Å². The van der Waals surface area contributed by atoms with Gasteiger partial charge < -0.3 is 14.2 Å². The molecule has 1 aromatic carbocycles. The second-order valence-corrected chi connectivity index (χ2v) is 6.16. The molecule has 0 N–H and O–H groups in total. The first-order chi connectivity index (χ1) is 9.63. The molecule has 0 aliphatic rings. The molecule has 1 atom stereocenters. The average Bonchev–Trinajstić information content (AvgIpc) is 2.90. The summed E-state index contributed by atoms with van der Waals surface area (Å²) in [6.45, 7) is 0. The van der Waals surface area contributed by atoms with E-state index in [0.29, 0.717) is 17.2 Å². The van der Waals surface area contributed by atoms with Gasteiger partial charge in [0.25, 0.3) is 0 Å². The normalized spacial score (nSPS) is 12.1. The van der Waals surface area contributed by atoms with Gasteiger partial charge in [-0.05, 0) is 39.5 Å². The van der Waals surface area contributed by atoms with Crippen LogP contribution in [0.5, 0.6) is 17.2 Å². The van der Waals surface area contributed by atoms with E-state index in [0.717, 1.165) is 14.9 Å². The van der Waals surface area contributed by atoms with Gasteiger partial charge in [-0.25, -0.2) is 0 Å². The van der Waals surface area contributed by atoms with Gasteiger partial charge in [-0.3, -0.25) is 0 Å². The van der Waals surface area contributed by atoms with E-state index in [1.54, 1.807) is 32.7 Å². The largest absolute Gasteiger partial charge is 0.493 e. The summed E-state index contributed by atoms with van der Waals surface area (Å²) < 4.78 is 17.1. The maximum Gasteiger partial charge on any atom is 0.203 e. The third kappa shape index (κ3) is 2.75. The van der Waals surface area contributed by atoms with E-state index in [9.17, 15) is 0 Å². The SMILES string of the molecule is COc1ccc(C(Cl)c2sccc2Br)c(OC)c1OC. The lowest BCUT2D eigenvalue weighted by molar-refractivity contribution is 0.322. The summed E-state index contributed by atoms with van der Waals surface area (Å²) in [6.07, 6.45) is 0. The van der Waals surface area contributed by atoms with Gasteiger partial charge in [-0.15, -0.1) is 22.9 Å². The summed E-state index contributed by atoms with van der Waals surface area (Å²) in [4.78, 5) is 1.03. The molecule has 1 heterocycles. The van der Waals surface area contributed by atoms with Crippen molar-refractivity contribution in [2.24, 2.45) is 0 Å². The van der Waals surface area contributed by atoms with Crippen LogP contribution in [0.1, 0.15) is 15.8 Å². The lowest BCUT2D eigenvalue weighted by Gasteiger charge is -2.18. The maximum absolute atomic E-state index is 6.59. The molecule has 0 amide bonds. The van der Waals surface area contributed by atoms with Crippen LogP contribution in [0.15, 0.2) is 28.1 Å². The molecule has 2 rings (SSSR count). The van der Waals surface area contributed by atoms with Crippen molar-refractivity contribution < 1.29 is 14.2 Å². The van der Waals surface area contributed by atoms with Crippen LogP contribution in [-0.4, -0.2) is 21.3 Å². The van der Waals surface area contributed by atoms with Gasteiger partial charge >= 0.3 is 0 Å². The molecule has 1 unspecified atom stereocenters. The van der Waals surface area contributed by atoms with Gasteiger partial charge in [0.1, 0.15) is 0 Å². The molecule has 0 radical (unpaired) electrons. The highest BCUT2D eigenvalue weighted by molar-refractivity contribution is 9.10. The van der Waals surface area contributed by atoms with Crippen LogP contribution in [0.25, 0.3) is 0 Å². The summed E-state index contributed by atoms with van der Waals surface area (Å²) in [5, 5.41) is 1.67. The average molecular weight is 378 g/mol. The Morgan fingerprint density at radius 3 is 2.25 bits per heavy atom. The number of thiophene rings is 1. The molecular weight excluding hydrogens is 364 g/mol. The quantitative estimate of drug-likeness (QED) is 0.696. The Morgan fingerprint density at radius 2 is 1.75 bits per heavy atom. The van der Waals surface area contributed by atoms with Crippen molar-refractivity contribution in [3.8, 4) is 17.2 Å². The number of ether oxygens (including phenoxy) is 3. The minimum Gasteiger partial charge on any atom is -0.493 e. The Hall–Kier alpha value is -0.910. The number of benzene rings is 1. The Kier molecular flexibility index (Phi) is 5.18. The van der Waals surface area contributed by atoms with E-state index >= 15 is 0 Å². The van der Waals surface area contributed by atoms with E-state index in [4.69, 9.17) is 25.8 Å². The minimum atomic E-state index is -0.320. The van der Waals surface area contributed by atoms with Gasteiger partial charge in [-0.2, -0.15) is 0 Å². The number of hydrogen-bond donors (Lipinski definition) is 0. The van der Waals surface area contributed by atoms with Crippen molar-refractivity contribution in [1.29, 1.82) is 0 Å². The zero-order valence-corrected chi connectivity index (χ0v) is 14.4. The Bertz CT molecular complexity index is 600. The predicted molar refractivity (Wildman–Crippen MR) is 85.8 cm³/mol. The second kappa shape index (κ2) is 6.70. The smallest absolute Gasteiger partial charge is 0.203 e. The molecule has 1 aromatic heterocycles. The monoisotopic (exact) mass is 376 g/mol. The molecule has 0 aliphatic carbocycles. The molecular formula is C14H14BrClO3S. The van der Waals surface area contributed by atoms with Crippen LogP contribution >= 0.6 is 38.9 Å². The van der Waals surface area contributed by atoms with Crippen molar-refractivity contribution in [3.63, 3.8) is 0 Å². The summed E-state index contributed by atoms with van der Waals surface area (Å²) in [6, 6.07) is 5.69. The van der Waals surface area contributed by atoms with Crippen molar-refractivity contribution in [3.05, 3.63) is 38.5 Å². The first-order valence-electron chi connectivity index (χ1n) is 5.79. The Balaban J connectivity index is 2.54. The van der Waals surface area contributed by atoms with E-state index in [-0.39, 0.29) is 5.38 Å². The van der Waals surface area contributed by atoms with Gasteiger partial charge in [0.2, 0.25) is 5.75 Å². The fourth-order valence-corrected chi connectivity index (χ4v) is 4.12. The van der Waals surface area contributed by atoms with Crippen molar-refractivity contribution in [1.82, 2.24) is 0 Å². The zero-order valence-electron chi connectivity index (χ0n) is 11.3. The molecule has 0 spiro atoms. The zero-order chi connectivity index (χ0) is 14.7. The van der Waals surface area contributed by atoms with Gasteiger partial charge in [-0.1, -0.05) is 0 Å². The summed E-state index contributed by atoms with van der Waals surface area (Å²) in [7, 11) is 4.76. The molecule has 0 bridgehead atoms. The topological polar surface area (TPSA) is 27.7 Å². The molecule has 108 valence electrons. The fraction of sp³-hybridized carbons (Fsp3) is 0.286. The number of halogens is 2. The molecule has 6 heteroatoms. The summed E-state index contributed by atoms with van der Waals surface area (Å²) in [5.41, 5.74) is 0.843. The van der Waals surface area contributed by atoms with Crippen LogP contribution in [0, 0.1) is 0 Å². The first kappa shape index (κ1) is 15.5. The summed E-state index contributed by atoms with van der Waals surface area (Å²) in [5.74, 6) is 1.75. The first-order valence-corrected chi connectivity index (χ1v) is 7.90. The third-order valence-corrected chi connectivity index (χ3v) is 5.40. The molecule has 20 heavy (non-hydrogen) atoms. The van der Waals surface area contributed by atoms with Crippen LogP contribution in [0.2, 0.25) is 0 Å². The van der Waals surface area contributed by atoms with E-state index in [1.165, 1.54) is 0 Å². The van der Waals surface area contributed by atoms with Crippen LogP contribution in [0.3, 0.4) is 0 Å². The van der Waals surface area contributed by atoms with E-state index < -0.39 is 0 Å². The van der Waals surface area contributed by atoms with E-state index in [1.807, 2.05) is 23.6 Å². The fourth-order valence-electron chi connectivity index (χ4n) is 1.95. The molecule has 0 aliphatic heterocycles. The Morgan fingerprint density at radius 1 is 1.05 bits per heavy atom. The van der Waals surface area contributed by atoms with Crippen LogP contribution in [-0.2, 0) is 0 Å². The lowest BCUT2D eigenvalue weighted by atomic mass is 10.1. The van der Waals surface area contributed by atoms with Crippen molar-refractivity contribution >= 4 is 38.9 Å². The molecule has 2 aromatic rings. The Labute approximate surface area is 135 Å². The molecule has 3 nitrogen and oxygen atoms in total. The van der Waals surface area contributed by atoms with Gasteiger partial charge in [0.15, 0.2) is 11.5 Å². The van der Waals surface area contributed by atoms with Crippen molar-refractivity contribution in [2.75, 3.05) is 21.3 Å². The highest BCUT2D eigenvalue weighted by Gasteiger charge is 2.24. The van der Waals surface area contributed by atoms with Crippen LogP contribution < -0.4 is 14.2 Å². The van der Waals surface area contributed by atoms with E-state index in [2.05, 4.69) is 15.9 Å². The van der Waals surface area contributed by atoms with Gasteiger partial charge in [0.05, 0.1) is 26.7 Å². The number of rotatable bonds is 5. The third-order valence-electron chi connectivity index (χ3n) is 2.88. The van der Waals surface area contributed by atoms with Crippen LogP contribution in [0.4, 0.5) is 0 Å². The molecule has 0 fully saturated rings. The lowest BCUT2D eigenvalue weighted by Crippen LogP contribution is -2.01. The maximum atomic E-state index is 6.59. The predicted octanol–water partition coefficient (Wildman–Crippen LogP) is 4.86. The highest BCUT2D eigenvalue weighted by Crippen LogP contribution is 2.47. The number of hydrogen-bond acceptors (Lipinski definition) is 4. The standard InChI is InChI=1S/C14H14BrClO3S/c1-17-10-5-4-8(12(18-2)13(10)19-3)11(16)14-9(15)6-7-20-14/h4-7,11H,1-3H3.